The molecule has 1 aromatic heterocycles. The SMILES string of the molecule is O=C(Nc1ncc[nH]1)C(c1ccccc1)N1Cc2ccccc2C1=O. The van der Waals surface area contributed by atoms with E-state index in [2.05, 4.69) is 15.3 Å². The number of fused-ring (bicyclic) bond motifs is 1. The van der Waals surface area contributed by atoms with E-state index in [0.717, 1.165) is 11.1 Å². The Hall–Kier alpha value is -3.41. The van der Waals surface area contributed by atoms with E-state index >= 15 is 0 Å². The van der Waals surface area contributed by atoms with Gasteiger partial charge < -0.3 is 9.88 Å². The van der Waals surface area contributed by atoms with Gasteiger partial charge >= 0.3 is 0 Å². The summed E-state index contributed by atoms with van der Waals surface area (Å²) in [5.74, 6) is -0.0866. The predicted octanol–water partition coefficient (Wildman–Crippen LogP) is 2.75. The molecule has 2 heterocycles. The van der Waals surface area contributed by atoms with E-state index in [4.69, 9.17) is 0 Å². The number of nitrogens with one attached hydrogen (secondary N) is 2. The van der Waals surface area contributed by atoms with E-state index in [0.29, 0.717) is 18.1 Å². The summed E-state index contributed by atoms with van der Waals surface area (Å²) in [5.41, 5.74) is 2.33. The third-order valence-electron chi connectivity index (χ3n) is 4.26. The maximum atomic E-state index is 12.9. The Labute approximate surface area is 144 Å². The molecule has 0 aliphatic carbocycles. The predicted molar refractivity (Wildman–Crippen MR) is 92.7 cm³/mol. The van der Waals surface area contributed by atoms with Gasteiger partial charge in [0.25, 0.3) is 11.8 Å². The minimum Gasteiger partial charge on any atom is -0.331 e. The number of nitrogens with zero attached hydrogens (tertiary/aromatic N) is 2. The van der Waals surface area contributed by atoms with Crippen molar-refractivity contribution in [2.24, 2.45) is 0 Å². The zero-order valence-corrected chi connectivity index (χ0v) is 13.3. The minimum atomic E-state index is -0.730. The first-order valence-corrected chi connectivity index (χ1v) is 7.98. The summed E-state index contributed by atoms with van der Waals surface area (Å²) in [5, 5.41) is 2.75. The number of hydrogen-bond donors (Lipinski definition) is 2. The number of carbonyl (C=O) groups is 2. The molecule has 3 aromatic rings. The van der Waals surface area contributed by atoms with Gasteiger partial charge in [-0.15, -0.1) is 0 Å². The number of imidazole rings is 1. The summed E-state index contributed by atoms with van der Waals surface area (Å²) < 4.78 is 0. The molecule has 6 nitrogen and oxygen atoms in total. The molecule has 1 aliphatic heterocycles. The lowest BCUT2D eigenvalue weighted by Crippen LogP contribution is -2.37. The molecule has 1 aliphatic rings. The van der Waals surface area contributed by atoms with E-state index in [1.807, 2.05) is 48.5 Å². The van der Waals surface area contributed by atoms with E-state index in [-0.39, 0.29) is 11.8 Å². The highest BCUT2D eigenvalue weighted by molar-refractivity contribution is 6.03. The normalized spacial score (nSPS) is 14.2. The Balaban J connectivity index is 1.69. The standard InChI is InChI=1S/C19H16N4O2/c24-17(22-19-20-10-11-21-19)16(13-6-2-1-3-7-13)23-12-14-8-4-5-9-15(14)18(23)25/h1-11,16H,12H2,(H2,20,21,22,24). The zero-order chi connectivity index (χ0) is 17.2. The second kappa shape index (κ2) is 6.24. The fraction of sp³-hybridized carbons (Fsp3) is 0.105. The molecule has 0 saturated carbocycles. The smallest absolute Gasteiger partial charge is 0.255 e. The Bertz CT molecular complexity index is 906. The molecule has 0 spiro atoms. The van der Waals surface area contributed by atoms with Crippen molar-refractivity contribution in [3.8, 4) is 0 Å². The summed E-state index contributed by atoms with van der Waals surface area (Å²) in [6.45, 7) is 0.403. The van der Waals surface area contributed by atoms with Crippen LogP contribution in [-0.2, 0) is 11.3 Å². The van der Waals surface area contributed by atoms with Gasteiger partial charge in [-0.2, -0.15) is 0 Å². The molecule has 0 saturated heterocycles. The molecule has 4 rings (SSSR count). The fourth-order valence-corrected chi connectivity index (χ4v) is 3.11. The van der Waals surface area contributed by atoms with Crippen molar-refractivity contribution in [1.82, 2.24) is 14.9 Å². The molecule has 2 N–H and O–H groups in total. The van der Waals surface area contributed by atoms with Gasteiger partial charge in [0.2, 0.25) is 5.95 Å². The van der Waals surface area contributed by atoms with Crippen LogP contribution in [0.5, 0.6) is 0 Å². The number of rotatable bonds is 4. The monoisotopic (exact) mass is 332 g/mol. The molecular weight excluding hydrogens is 316 g/mol. The van der Waals surface area contributed by atoms with Crippen molar-refractivity contribution in [2.45, 2.75) is 12.6 Å². The summed E-state index contributed by atoms with van der Waals surface area (Å²) in [6.07, 6.45) is 3.19. The van der Waals surface area contributed by atoms with Gasteiger partial charge in [0, 0.05) is 24.5 Å². The first-order chi connectivity index (χ1) is 12.2. The first kappa shape index (κ1) is 15.1. The molecule has 0 fully saturated rings. The van der Waals surface area contributed by atoms with Crippen LogP contribution in [0, 0.1) is 0 Å². The van der Waals surface area contributed by atoms with Crippen LogP contribution in [0.25, 0.3) is 0 Å². The number of carbonyl (C=O) groups excluding carboxylic acids is 2. The third-order valence-corrected chi connectivity index (χ3v) is 4.26. The molecule has 6 heteroatoms. The van der Waals surface area contributed by atoms with E-state index in [1.165, 1.54) is 0 Å². The van der Waals surface area contributed by atoms with Crippen molar-refractivity contribution in [2.75, 3.05) is 5.32 Å². The largest absolute Gasteiger partial charge is 0.331 e. The molecule has 1 atom stereocenters. The molecule has 124 valence electrons. The van der Waals surface area contributed by atoms with Gasteiger partial charge in [0.15, 0.2) is 0 Å². The number of H-pyrrole nitrogens is 1. The average molecular weight is 332 g/mol. The minimum absolute atomic E-state index is 0.140. The molecule has 0 bridgehead atoms. The van der Waals surface area contributed by atoms with E-state index in [9.17, 15) is 9.59 Å². The van der Waals surface area contributed by atoms with Gasteiger partial charge in [-0.05, 0) is 17.2 Å². The Morgan fingerprint density at radius 3 is 2.60 bits per heavy atom. The zero-order valence-electron chi connectivity index (χ0n) is 13.3. The summed E-state index contributed by atoms with van der Waals surface area (Å²) in [4.78, 5) is 34.2. The van der Waals surface area contributed by atoms with Gasteiger partial charge in [0.1, 0.15) is 6.04 Å². The lowest BCUT2D eigenvalue weighted by Gasteiger charge is -2.27. The highest BCUT2D eigenvalue weighted by Gasteiger charge is 2.37. The Morgan fingerprint density at radius 1 is 1.12 bits per heavy atom. The highest BCUT2D eigenvalue weighted by atomic mass is 16.2. The molecule has 25 heavy (non-hydrogen) atoms. The number of aromatic nitrogens is 2. The maximum absolute atomic E-state index is 12.9. The van der Waals surface area contributed by atoms with Gasteiger partial charge in [-0.25, -0.2) is 4.98 Å². The first-order valence-electron chi connectivity index (χ1n) is 7.98. The van der Waals surface area contributed by atoms with Crippen LogP contribution in [0.2, 0.25) is 0 Å². The number of aromatic amines is 1. The summed E-state index contributed by atoms with van der Waals surface area (Å²) in [6, 6.07) is 16.0. The summed E-state index contributed by atoms with van der Waals surface area (Å²) in [7, 11) is 0. The van der Waals surface area contributed by atoms with Crippen molar-refractivity contribution < 1.29 is 9.59 Å². The lowest BCUT2D eigenvalue weighted by atomic mass is 10.0. The molecule has 1 unspecified atom stereocenters. The number of hydrogen-bond acceptors (Lipinski definition) is 3. The second-order valence-corrected chi connectivity index (χ2v) is 5.83. The number of benzene rings is 2. The number of anilines is 1. The van der Waals surface area contributed by atoms with Crippen LogP contribution in [0.1, 0.15) is 27.5 Å². The molecule has 0 radical (unpaired) electrons. The van der Waals surface area contributed by atoms with Crippen molar-refractivity contribution in [1.29, 1.82) is 0 Å². The Kier molecular flexibility index (Phi) is 3.78. The highest BCUT2D eigenvalue weighted by Crippen LogP contribution is 2.32. The lowest BCUT2D eigenvalue weighted by molar-refractivity contribution is -0.120. The van der Waals surface area contributed by atoms with Crippen molar-refractivity contribution in [3.63, 3.8) is 0 Å². The van der Waals surface area contributed by atoms with Crippen LogP contribution in [0.3, 0.4) is 0 Å². The Morgan fingerprint density at radius 2 is 1.88 bits per heavy atom. The van der Waals surface area contributed by atoms with Crippen LogP contribution < -0.4 is 5.32 Å². The van der Waals surface area contributed by atoms with Gasteiger partial charge in [0.05, 0.1) is 0 Å². The molecular formula is C19H16N4O2. The second-order valence-electron chi connectivity index (χ2n) is 5.83. The fourth-order valence-electron chi connectivity index (χ4n) is 3.11. The molecule has 2 amide bonds. The van der Waals surface area contributed by atoms with Crippen LogP contribution in [0.4, 0.5) is 5.95 Å². The van der Waals surface area contributed by atoms with Crippen LogP contribution in [0.15, 0.2) is 67.0 Å². The third kappa shape index (κ3) is 2.78. The van der Waals surface area contributed by atoms with Gasteiger partial charge in [-0.1, -0.05) is 48.5 Å². The maximum Gasteiger partial charge on any atom is 0.255 e. The van der Waals surface area contributed by atoms with Crippen molar-refractivity contribution in [3.05, 3.63) is 83.7 Å². The quantitative estimate of drug-likeness (QED) is 0.771. The topological polar surface area (TPSA) is 78.1 Å². The van der Waals surface area contributed by atoms with Crippen molar-refractivity contribution >= 4 is 17.8 Å². The van der Waals surface area contributed by atoms with E-state index < -0.39 is 6.04 Å². The molecule has 2 aromatic carbocycles. The average Bonchev–Trinajstić information content (AvgIpc) is 3.25. The van der Waals surface area contributed by atoms with Crippen LogP contribution in [-0.4, -0.2) is 26.7 Å². The van der Waals surface area contributed by atoms with E-state index in [1.54, 1.807) is 23.4 Å². The van der Waals surface area contributed by atoms with Gasteiger partial charge in [-0.3, -0.25) is 14.9 Å². The summed E-state index contributed by atoms with van der Waals surface area (Å²) >= 11 is 0. The van der Waals surface area contributed by atoms with Crippen LogP contribution >= 0.6 is 0 Å². The number of amides is 2.